The van der Waals surface area contributed by atoms with Gasteiger partial charge < -0.3 is 30.3 Å². The highest BCUT2D eigenvalue weighted by atomic mass is 16.5. The molecule has 39 heavy (non-hydrogen) atoms. The average molecular weight is 534 g/mol. The molecule has 0 spiro atoms. The minimum absolute atomic E-state index is 0.0373. The minimum atomic E-state index is -1.03. The molecule has 1 saturated carbocycles. The molecule has 2 aliphatic heterocycles. The van der Waals surface area contributed by atoms with Crippen molar-refractivity contribution in [3.05, 3.63) is 60.2 Å². The van der Waals surface area contributed by atoms with E-state index >= 15 is 0 Å². The van der Waals surface area contributed by atoms with Gasteiger partial charge in [-0.05, 0) is 68.5 Å². The third kappa shape index (κ3) is 5.76. The number of benzene rings is 2. The standard InChI is InChI=1S/C29H35N5O5/c1-4-19-6-5-7-21(14-19)30-26(35)25-17-32(12-13-39-25)28(37)31-22-10-11-24-23(15-22)27(36)33(16-20-8-9-20)29(38)34(24)18(2)3/h4-7,10-11,14-15,18,20,25,29,38H,1,8-9,12-13,16-17H2,2-3H3,(H,30,35)(H,31,37). The number of aliphatic hydroxyl groups excluding tert-OH is 1. The van der Waals surface area contributed by atoms with Gasteiger partial charge in [0.1, 0.15) is 0 Å². The molecule has 3 N–H and O–H groups in total. The predicted molar refractivity (Wildman–Crippen MR) is 149 cm³/mol. The lowest BCUT2D eigenvalue weighted by molar-refractivity contribution is -0.131. The number of fused-ring (bicyclic) bond motifs is 1. The number of amides is 4. The van der Waals surface area contributed by atoms with Crippen molar-refractivity contribution in [1.29, 1.82) is 0 Å². The Balaban J connectivity index is 1.27. The van der Waals surface area contributed by atoms with Gasteiger partial charge >= 0.3 is 6.03 Å². The van der Waals surface area contributed by atoms with E-state index in [0.717, 1.165) is 18.4 Å². The van der Waals surface area contributed by atoms with Crippen molar-refractivity contribution in [3.63, 3.8) is 0 Å². The summed E-state index contributed by atoms with van der Waals surface area (Å²) < 4.78 is 5.65. The quantitative estimate of drug-likeness (QED) is 0.502. The number of rotatable bonds is 7. The van der Waals surface area contributed by atoms with Crippen molar-refractivity contribution in [2.75, 3.05) is 41.8 Å². The molecule has 2 fully saturated rings. The molecule has 2 atom stereocenters. The summed E-state index contributed by atoms with van der Waals surface area (Å²) >= 11 is 0. The van der Waals surface area contributed by atoms with Gasteiger partial charge in [0, 0.05) is 30.5 Å². The maximum Gasteiger partial charge on any atom is 0.322 e. The molecule has 1 saturated heterocycles. The summed E-state index contributed by atoms with van der Waals surface area (Å²) in [5.74, 6) is -0.170. The lowest BCUT2D eigenvalue weighted by Gasteiger charge is -2.44. The van der Waals surface area contributed by atoms with Gasteiger partial charge in [0.25, 0.3) is 11.8 Å². The summed E-state index contributed by atoms with van der Waals surface area (Å²) in [6.45, 7) is 8.82. The molecule has 0 radical (unpaired) electrons. The van der Waals surface area contributed by atoms with Crippen molar-refractivity contribution in [2.24, 2.45) is 5.92 Å². The molecule has 2 unspecified atom stereocenters. The first-order chi connectivity index (χ1) is 18.7. The number of hydrogen-bond acceptors (Lipinski definition) is 6. The molecule has 206 valence electrons. The summed E-state index contributed by atoms with van der Waals surface area (Å²) in [7, 11) is 0. The van der Waals surface area contributed by atoms with Gasteiger partial charge in [-0.1, -0.05) is 24.8 Å². The number of nitrogens with one attached hydrogen (secondary N) is 2. The van der Waals surface area contributed by atoms with Crippen LogP contribution in [-0.2, 0) is 9.53 Å². The molecule has 10 heteroatoms. The van der Waals surface area contributed by atoms with Crippen LogP contribution in [0.25, 0.3) is 6.08 Å². The van der Waals surface area contributed by atoms with E-state index in [9.17, 15) is 19.5 Å². The predicted octanol–water partition coefficient (Wildman–Crippen LogP) is 3.56. The van der Waals surface area contributed by atoms with E-state index in [0.29, 0.717) is 41.6 Å². The van der Waals surface area contributed by atoms with Crippen molar-refractivity contribution in [2.45, 2.75) is 45.2 Å². The topological polar surface area (TPSA) is 114 Å². The Kier molecular flexibility index (Phi) is 7.58. The Morgan fingerprint density at radius 3 is 2.64 bits per heavy atom. The molecule has 1 aliphatic carbocycles. The second-order valence-electron chi connectivity index (χ2n) is 10.5. The van der Waals surface area contributed by atoms with E-state index in [1.54, 1.807) is 36.4 Å². The fourth-order valence-corrected chi connectivity index (χ4v) is 5.01. The molecule has 10 nitrogen and oxygen atoms in total. The molecule has 2 aromatic rings. The van der Waals surface area contributed by atoms with Crippen LogP contribution in [0.4, 0.5) is 21.9 Å². The number of morpholine rings is 1. The third-order valence-electron chi connectivity index (χ3n) is 7.29. The highest BCUT2D eigenvalue weighted by Crippen LogP contribution is 2.37. The average Bonchev–Trinajstić information content (AvgIpc) is 3.75. The van der Waals surface area contributed by atoms with Gasteiger partial charge in [-0.25, -0.2) is 4.79 Å². The highest BCUT2D eigenvalue weighted by molar-refractivity contribution is 6.04. The van der Waals surface area contributed by atoms with Crippen molar-refractivity contribution < 1.29 is 24.2 Å². The number of urea groups is 1. The van der Waals surface area contributed by atoms with Crippen LogP contribution >= 0.6 is 0 Å². The molecule has 2 heterocycles. The monoisotopic (exact) mass is 533 g/mol. The Morgan fingerprint density at radius 1 is 1.15 bits per heavy atom. The van der Waals surface area contributed by atoms with Crippen molar-refractivity contribution in [3.8, 4) is 0 Å². The fourth-order valence-electron chi connectivity index (χ4n) is 5.01. The Morgan fingerprint density at radius 2 is 1.92 bits per heavy atom. The second-order valence-corrected chi connectivity index (χ2v) is 10.5. The van der Waals surface area contributed by atoms with Crippen LogP contribution in [0.5, 0.6) is 0 Å². The minimum Gasteiger partial charge on any atom is -0.365 e. The molecule has 5 rings (SSSR count). The van der Waals surface area contributed by atoms with E-state index in [1.165, 1.54) is 9.80 Å². The number of carbonyl (C=O) groups is 3. The number of ether oxygens (including phenoxy) is 1. The molecule has 0 aromatic heterocycles. The van der Waals surface area contributed by atoms with Crippen LogP contribution in [0.3, 0.4) is 0 Å². The van der Waals surface area contributed by atoms with Crippen LogP contribution in [0.1, 0.15) is 42.6 Å². The van der Waals surface area contributed by atoms with E-state index < -0.39 is 12.5 Å². The first kappa shape index (κ1) is 26.7. The second kappa shape index (κ2) is 11.1. The first-order valence-corrected chi connectivity index (χ1v) is 13.4. The molecular weight excluding hydrogens is 498 g/mol. The van der Waals surface area contributed by atoms with Crippen LogP contribution in [-0.4, -0.2) is 77.5 Å². The summed E-state index contributed by atoms with van der Waals surface area (Å²) in [5.41, 5.74) is 3.04. The smallest absolute Gasteiger partial charge is 0.322 e. The number of nitrogens with zero attached hydrogens (tertiary/aromatic N) is 3. The van der Waals surface area contributed by atoms with Crippen molar-refractivity contribution >= 4 is 41.0 Å². The van der Waals surface area contributed by atoms with Gasteiger partial charge in [0.2, 0.25) is 6.35 Å². The zero-order valence-corrected chi connectivity index (χ0v) is 22.3. The molecule has 4 amide bonds. The SMILES string of the molecule is C=Cc1cccc(NC(=O)C2CN(C(=O)Nc3ccc4c(c3)C(=O)N(CC3CC3)C(O)N4C(C)C)CCO2)c1. The maximum atomic E-state index is 13.4. The van der Waals surface area contributed by atoms with Crippen LogP contribution < -0.4 is 15.5 Å². The van der Waals surface area contributed by atoms with Gasteiger partial charge in [0.15, 0.2) is 6.10 Å². The molecule has 2 aromatic carbocycles. The van der Waals surface area contributed by atoms with Crippen molar-refractivity contribution in [1.82, 2.24) is 9.80 Å². The van der Waals surface area contributed by atoms with Gasteiger partial charge in [-0.2, -0.15) is 0 Å². The summed E-state index contributed by atoms with van der Waals surface area (Å²) in [6.07, 6.45) is 1.96. The molecule has 3 aliphatic rings. The van der Waals surface area contributed by atoms with E-state index in [-0.39, 0.29) is 37.0 Å². The van der Waals surface area contributed by atoms with Crippen LogP contribution in [0, 0.1) is 5.92 Å². The lowest BCUT2D eigenvalue weighted by atomic mass is 10.0. The number of hydrogen-bond donors (Lipinski definition) is 3. The van der Waals surface area contributed by atoms with Crippen LogP contribution in [0.15, 0.2) is 49.0 Å². The zero-order valence-electron chi connectivity index (χ0n) is 22.3. The fraction of sp³-hybridized carbons (Fsp3) is 0.414. The first-order valence-electron chi connectivity index (χ1n) is 13.4. The lowest BCUT2D eigenvalue weighted by Crippen LogP contribution is -2.58. The van der Waals surface area contributed by atoms with E-state index in [2.05, 4.69) is 17.2 Å². The maximum absolute atomic E-state index is 13.4. The van der Waals surface area contributed by atoms with Gasteiger partial charge in [-0.15, -0.1) is 0 Å². The van der Waals surface area contributed by atoms with Gasteiger partial charge in [-0.3, -0.25) is 14.5 Å². The van der Waals surface area contributed by atoms with E-state index in [1.807, 2.05) is 30.9 Å². The number of carbonyl (C=O) groups excluding carboxylic acids is 3. The summed E-state index contributed by atoms with van der Waals surface area (Å²) in [5, 5.41) is 16.7. The highest BCUT2D eigenvalue weighted by Gasteiger charge is 2.40. The third-order valence-corrected chi connectivity index (χ3v) is 7.29. The molecular formula is C29H35N5O5. The summed E-state index contributed by atoms with van der Waals surface area (Å²) in [4.78, 5) is 44.2. The number of aliphatic hydroxyl groups is 1. The Hall–Kier alpha value is -3.89. The van der Waals surface area contributed by atoms with Gasteiger partial charge in [0.05, 0.1) is 24.4 Å². The Bertz CT molecular complexity index is 1280. The normalized spacial score (nSPS) is 21.0. The zero-order chi connectivity index (χ0) is 27.7. The van der Waals surface area contributed by atoms with E-state index in [4.69, 9.17) is 4.74 Å². The Labute approximate surface area is 228 Å². The molecule has 0 bridgehead atoms. The van der Waals surface area contributed by atoms with Crippen LogP contribution in [0.2, 0.25) is 0 Å². The number of anilines is 3. The largest absolute Gasteiger partial charge is 0.365 e. The summed E-state index contributed by atoms with van der Waals surface area (Å²) in [6, 6.07) is 12.0.